The predicted molar refractivity (Wildman–Crippen MR) is 120 cm³/mol. The minimum Gasteiger partial charge on any atom is -0.497 e. The van der Waals surface area contributed by atoms with Crippen LogP contribution < -0.4 is 14.8 Å². The van der Waals surface area contributed by atoms with E-state index in [1.807, 2.05) is 39.6 Å². The summed E-state index contributed by atoms with van der Waals surface area (Å²) in [5, 5.41) is 7.46. The lowest BCUT2D eigenvalue weighted by Gasteiger charge is -2.08. The largest absolute Gasteiger partial charge is 0.497 e. The monoisotopic (exact) mass is 442 g/mol. The third-order valence-electron chi connectivity index (χ3n) is 4.67. The molecule has 3 aromatic heterocycles. The molecule has 9 heteroatoms. The van der Waals surface area contributed by atoms with Crippen LogP contribution in [0.25, 0.3) is 16.2 Å². The van der Waals surface area contributed by atoms with Crippen molar-refractivity contribution in [2.75, 3.05) is 19.5 Å². The Morgan fingerprint density at radius 2 is 2.00 bits per heavy atom. The van der Waals surface area contributed by atoms with Gasteiger partial charge in [-0.3, -0.25) is 9.20 Å². The summed E-state index contributed by atoms with van der Waals surface area (Å²) in [6.07, 6.45) is 2.16. The van der Waals surface area contributed by atoms with Crippen molar-refractivity contribution in [3.05, 3.63) is 46.5 Å². The fraction of sp³-hybridized carbons (Fsp3) is 0.286. The minimum absolute atomic E-state index is 0.103. The Bertz CT molecular complexity index is 1190. The van der Waals surface area contributed by atoms with E-state index >= 15 is 0 Å². The van der Waals surface area contributed by atoms with Gasteiger partial charge in [0, 0.05) is 28.2 Å². The van der Waals surface area contributed by atoms with Crippen molar-refractivity contribution >= 4 is 38.7 Å². The van der Waals surface area contributed by atoms with Gasteiger partial charge in [-0.05, 0) is 24.1 Å². The van der Waals surface area contributed by atoms with Gasteiger partial charge in [-0.2, -0.15) is 0 Å². The van der Waals surface area contributed by atoms with E-state index in [1.165, 1.54) is 22.7 Å². The molecule has 0 unspecified atom stereocenters. The van der Waals surface area contributed by atoms with Gasteiger partial charge in [-0.1, -0.05) is 13.8 Å². The Morgan fingerprint density at radius 3 is 2.70 bits per heavy atom. The molecule has 3 heterocycles. The summed E-state index contributed by atoms with van der Waals surface area (Å²) in [5.74, 6) is 1.67. The zero-order chi connectivity index (χ0) is 21.3. The van der Waals surface area contributed by atoms with E-state index < -0.39 is 0 Å². The van der Waals surface area contributed by atoms with Crippen molar-refractivity contribution in [3.8, 4) is 22.8 Å². The molecule has 156 valence electrons. The van der Waals surface area contributed by atoms with E-state index in [1.54, 1.807) is 14.2 Å². The van der Waals surface area contributed by atoms with Crippen LogP contribution in [0.15, 0.2) is 35.2 Å². The first kappa shape index (κ1) is 20.4. The van der Waals surface area contributed by atoms with E-state index in [-0.39, 0.29) is 12.3 Å². The molecule has 0 saturated heterocycles. The smallest absolute Gasteiger partial charge is 0.232 e. The first-order valence-electron chi connectivity index (χ1n) is 9.41. The Labute approximate surface area is 182 Å². The molecule has 1 amide bonds. The van der Waals surface area contributed by atoms with Crippen LogP contribution >= 0.6 is 22.7 Å². The maximum atomic E-state index is 12.6. The van der Waals surface area contributed by atoms with Crippen LogP contribution in [0.4, 0.5) is 5.13 Å². The number of hydrogen-bond donors (Lipinski definition) is 1. The second-order valence-corrected chi connectivity index (χ2v) is 8.72. The number of nitrogens with zero attached hydrogens (tertiary/aromatic N) is 3. The van der Waals surface area contributed by atoms with Crippen molar-refractivity contribution in [1.82, 2.24) is 14.4 Å². The van der Waals surface area contributed by atoms with E-state index in [9.17, 15) is 4.79 Å². The third-order valence-corrected chi connectivity index (χ3v) is 6.33. The number of benzene rings is 1. The highest BCUT2D eigenvalue weighted by molar-refractivity contribution is 7.15. The number of ether oxygens (including phenoxy) is 2. The summed E-state index contributed by atoms with van der Waals surface area (Å²) >= 11 is 2.94. The zero-order valence-electron chi connectivity index (χ0n) is 17.1. The Hall–Kier alpha value is -2.91. The fourth-order valence-electron chi connectivity index (χ4n) is 3.04. The molecule has 0 radical (unpaired) electrons. The molecule has 1 N–H and O–H groups in total. The quantitative estimate of drug-likeness (QED) is 0.443. The molecular weight excluding hydrogens is 420 g/mol. The number of nitrogens with one attached hydrogen (secondary N) is 1. The summed E-state index contributed by atoms with van der Waals surface area (Å²) in [6.45, 7) is 4.16. The molecule has 30 heavy (non-hydrogen) atoms. The molecule has 0 atom stereocenters. The van der Waals surface area contributed by atoms with Gasteiger partial charge in [0.15, 0.2) is 10.1 Å². The number of imidazole rings is 1. The van der Waals surface area contributed by atoms with Gasteiger partial charge in [0.2, 0.25) is 5.91 Å². The topological polar surface area (TPSA) is 77.8 Å². The number of fused-ring (bicyclic) bond motifs is 1. The number of anilines is 1. The van der Waals surface area contributed by atoms with Gasteiger partial charge in [0.1, 0.15) is 11.5 Å². The lowest BCUT2D eigenvalue weighted by molar-refractivity contribution is -0.115. The lowest BCUT2D eigenvalue weighted by atomic mass is 10.1. The minimum atomic E-state index is -0.103. The number of carbonyl (C=O) groups excluding carboxylic acids is 1. The van der Waals surface area contributed by atoms with Gasteiger partial charge in [-0.25, -0.2) is 9.97 Å². The standard InChI is InChI=1S/C21H22N4O3S2/c1-12(2)17-11-29-20(22-17)24-19(26)7-13-10-30-21-23-16(9-25(13)21)15-8-14(27-3)5-6-18(15)28-4/h5-6,8-12H,7H2,1-4H3,(H,22,24,26). The fourth-order valence-corrected chi connectivity index (χ4v) is 4.80. The highest BCUT2D eigenvalue weighted by Gasteiger charge is 2.16. The Kier molecular flexibility index (Phi) is 5.74. The number of carbonyl (C=O) groups is 1. The van der Waals surface area contributed by atoms with E-state index in [4.69, 9.17) is 14.5 Å². The van der Waals surface area contributed by atoms with Crippen LogP contribution in [0.2, 0.25) is 0 Å². The number of methoxy groups -OCH3 is 2. The third kappa shape index (κ3) is 4.03. The maximum Gasteiger partial charge on any atom is 0.232 e. The predicted octanol–water partition coefficient (Wildman–Crippen LogP) is 4.84. The second-order valence-electron chi connectivity index (χ2n) is 7.03. The van der Waals surface area contributed by atoms with Gasteiger partial charge >= 0.3 is 0 Å². The van der Waals surface area contributed by atoms with Gasteiger partial charge < -0.3 is 14.8 Å². The Morgan fingerprint density at radius 1 is 1.17 bits per heavy atom. The zero-order valence-corrected chi connectivity index (χ0v) is 18.8. The van der Waals surface area contributed by atoms with Crippen LogP contribution in [0.5, 0.6) is 11.5 Å². The molecule has 0 fully saturated rings. The van der Waals surface area contributed by atoms with Crippen LogP contribution in [0, 0.1) is 0 Å². The summed E-state index contributed by atoms with van der Waals surface area (Å²) in [6, 6.07) is 5.60. The molecule has 0 saturated carbocycles. The number of hydrogen-bond acceptors (Lipinski definition) is 7. The molecule has 0 spiro atoms. The van der Waals surface area contributed by atoms with Crippen molar-refractivity contribution in [2.45, 2.75) is 26.2 Å². The average molecular weight is 443 g/mol. The molecule has 0 bridgehead atoms. The van der Waals surface area contributed by atoms with Crippen LogP contribution in [-0.4, -0.2) is 34.5 Å². The van der Waals surface area contributed by atoms with Crippen molar-refractivity contribution in [2.24, 2.45) is 0 Å². The molecule has 4 aromatic rings. The number of aromatic nitrogens is 3. The molecule has 1 aromatic carbocycles. The van der Waals surface area contributed by atoms with Gasteiger partial charge in [0.25, 0.3) is 0 Å². The highest BCUT2D eigenvalue weighted by Crippen LogP contribution is 2.34. The van der Waals surface area contributed by atoms with Crippen LogP contribution in [0.3, 0.4) is 0 Å². The maximum absolute atomic E-state index is 12.6. The summed E-state index contributed by atoms with van der Waals surface area (Å²) in [4.78, 5) is 22.5. The van der Waals surface area contributed by atoms with Gasteiger partial charge in [0.05, 0.1) is 32.0 Å². The van der Waals surface area contributed by atoms with E-state index in [0.717, 1.165) is 33.4 Å². The molecule has 0 aliphatic heterocycles. The van der Waals surface area contributed by atoms with Crippen LogP contribution in [0.1, 0.15) is 31.2 Å². The van der Waals surface area contributed by atoms with Crippen molar-refractivity contribution < 1.29 is 14.3 Å². The first-order valence-corrected chi connectivity index (χ1v) is 11.2. The van der Waals surface area contributed by atoms with E-state index in [0.29, 0.717) is 16.8 Å². The molecule has 7 nitrogen and oxygen atoms in total. The molecule has 4 rings (SSSR count). The molecule has 0 aliphatic carbocycles. The average Bonchev–Trinajstić information content (AvgIpc) is 3.45. The number of rotatable bonds is 7. The molecule has 0 aliphatic rings. The SMILES string of the molecule is COc1ccc(OC)c(-c2cn3c(CC(=O)Nc4nc(C(C)C)cs4)csc3n2)c1. The highest BCUT2D eigenvalue weighted by atomic mass is 32.1. The summed E-state index contributed by atoms with van der Waals surface area (Å²) in [7, 11) is 3.25. The summed E-state index contributed by atoms with van der Waals surface area (Å²) in [5.41, 5.74) is 3.46. The van der Waals surface area contributed by atoms with Crippen molar-refractivity contribution in [3.63, 3.8) is 0 Å². The normalized spacial score (nSPS) is 11.2. The van der Waals surface area contributed by atoms with Crippen molar-refractivity contribution in [1.29, 1.82) is 0 Å². The van der Waals surface area contributed by atoms with Crippen LogP contribution in [-0.2, 0) is 11.2 Å². The summed E-state index contributed by atoms with van der Waals surface area (Å²) < 4.78 is 12.8. The number of thiazole rings is 2. The van der Waals surface area contributed by atoms with Gasteiger partial charge in [-0.15, -0.1) is 22.7 Å². The van der Waals surface area contributed by atoms with E-state index in [2.05, 4.69) is 24.1 Å². The first-order chi connectivity index (χ1) is 14.5. The number of amides is 1. The lowest BCUT2D eigenvalue weighted by Crippen LogP contribution is -2.15. The molecular formula is C21H22N4O3S2. The Balaban J connectivity index is 1.57. The second kappa shape index (κ2) is 8.45.